The van der Waals surface area contributed by atoms with Gasteiger partial charge in [-0.15, -0.1) is 6.58 Å². The van der Waals surface area contributed by atoms with Crippen molar-refractivity contribution >= 4 is 23.4 Å². The molecule has 0 aliphatic heterocycles. The quantitative estimate of drug-likeness (QED) is 0.168. The van der Waals surface area contributed by atoms with Crippen LogP contribution < -0.4 is 0 Å². The smallest absolute Gasteiger partial charge is 0.323 e. The summed E-state index contributed by atoms with van der Waals surface area (Å²) in [6.07, 6.45) is 1.06. The first-order valence-corrected chi connectivity index (χ1v) is 7.37. The molecule has 134 valence electrons. The van der Waals surface area contributed by atoms with Crippen molar-refractivity contribution in [1.29, 1.82) is 0 Å². The third kappa shape index (κ3) is 4.50. The van der Waals surface area contributed by atoms with E-state index in [1.54, 1.807) is 0 Å². The molecule has 8 nitrogen and oxygen atoms in total. The molecule has 0 aliphatic rings. The fraction of sp³-hybridized carbons (Fsp3) is 0.353. The molecular weight excluding hydrogens is 330 g/mol. The number of hydrogen-bond acceptors (Lipinski definition) is 7. The molecule has 0 amide bonds. The molecule has 8 heteroatoms. The number of methoxy groups -OCH3 is 2. The lowest BCUT2D eigenvalue weighted by Gasteiger charge is -2.26. The van der Waals surface area contributed by atoms with Crippen LogP contribution in [0.25, 0.3) is 0 Å². The van der Waals surface area contributed by atoms with Crippen LogP contribution >= 0.6 is 0 Å². The summed E-state index contributed by atoms with van der Waals surface area (Å²) in [5, 5.41) is 10.6. The molecule has 25 heavy (non-hydrogen) atoms. The average Bonchev–Trinajstić information content (AvgIpc) is 2.63. The molecule has 0 aliphatic carbocycles. The van der Waals surface area contributed by atoms with E-state index in [-0.39, 0.29) is 36.3 Å². The molecule has 0 spiro atoms. The van der Waals surface area contributed by atoms with Crippen molar-refractivity contribution < 1.29 is 28.8 Å². The van der Waals surface area contributed by atoms with E-state index in [2.05, 4.69) is 6.58 Å². The van der Waals surface area contributed by atoms with Gasteiger partial charge in [0, 0.05) is 24.1 Å². The van der Waals surface area contributed by atoms with E-state index in [0.717, 1.165) is 14.2 Å². The molecule has 0 bridgehead atoms. The van der Waals surface area contributed by atoms with Gasteiger partial charge < -0.3 is 9.47 Å². The van der Waals surface area contributed by atoms with Crippen molar-refractivity contribution in [3.8, 4) is 0 Å². The van der Waals surface area contributed by atoms with Crippen LogP contribution in [0.4, 0.5) is 5.69 Å². The largest absolute Gasteiger partial charge is 0.468 e. The number of non-ortho nitro benzene ring substituents is 1. The minimum absolute atomic E-state index is 0.0418. The fourth-order valence-electron chi connectivity index (χ4n) is 2.43. The maximum Gasteiger partial charge on any atom is 0.323 e. The first-order valence-electron chi connectivity index (χ1n) is 7.37. The summed E-state index contributed by atoms with van der Waals surface area (Å²) in [6, 6.07) is 5.08. The number of allylic oxidation sites excluding steroid dienone is 1. The number of Topliss-reactive ketones (excluding diaryl/α,β-unsaturated/α-hetero) is 1. The molecule has 1 aromatic carbocycles. The second kappa shape index (κ2) is 8.72. The summed E-state index contributed by atoms with van der Waals surface area (Å²) in [7, 11) is 2.28. The fourth-order valence-corrected chi connectivity index (χ4v) is 2.43. The van der Waals surface area contributed by atoms with E-state index < -0.39 is 22.3 Å². The minimum atomic E-state index is -1.65. The number of carbonyl (C=O) groups excluding carboxylic acids is 3. The number of esters is 2. The monoisotopic (exact) mass is 349 g/mol. The standard InChI is InChI=1S/C17H19NO7/c1-4-10-17(15(20)24-2,16(21)25-3)11-9-14(19)12-5-7-13(8-6-12)18(22)23/h4-8H,1,9-11H2,2-3H3. The van der Waals surface area contributed by atoms with Gasteiger partial charge >= 0.3 is 11.9 Å². The Labute approximate surface area is 144 Å². The second-order valence-electron chi connectivity index (χ2n) is 5.29. The van der Waals surface area contributed by atoms with E-state index in [1.165, 1.54) is 30.3 Å². The number of nitro benzene ring substituents is 1. The van der Waals surface area contributed by atoms with Gasteiger partial charge in [0.2, 0.25) is 0 Å². The predicted octanol–water partition coefficient (Wildman–Crippen LogP) is 2.47. The Kier molecular flexibility index (Phi) is 6.98. The zero-order valence-electron chi connectivity index (χ0n) is 14.0. The zero-order chi connectivity index (χ0) is 19.0. The van der Waals surface area contributed by atoms with Crippen LogP contribution in [0.15, 0.2) is 36.9 Å². The number of benzene rings is 1. The van der Waals surface area contributed by atoms with Gasteiger partial charge in [-0.2, -0.15) is 0 Å². The first-order chi connectivity index (χ1) is 11.8. The van der Waals surface area contributed by atoms with Crippen molar-refractivity contribution in [3.05, 3.63) is 52.6 Å². The average molecular weight is 349 g/mol. The summed E-state index contributed by atoms with van der Waals surface area (Å²) in [5.41, 5.74) is -1.55. The van der Waals surface area contributed by atoms with Crippen LogP contribution in [0.1, 0.15) is 29.6 Å². The number of nitrogens with zero attached hydrogens (tertiary/aromatic N) is 1. The van der Waals surface area contributed by atoms with E-state index in [0.29, 0.717) is 0 Å². The maximum absolute atomic E-state index is 12.3. The van der Waals surface area contributed by atoms with Gasteiger partial charge in [-0.1, -0.05) is 6.08 Å². The molecule has 0 atom stereocenters. The highest BCUT2D eigenvalue weighted by Crippen LogP contribution is 2.33. The van der Waals surface area contributed by atoms with Crippen molar-refractivity contribution in [2.45, 2.75) is 19.3 Å². The van der Waals surface area contributed by atoms with E-state index in [1.807, 2.05) is 0 Å². The summed E-state index contributed by atoms with van der Waals surface area (Å²) in [5.74, 6) is -1.98. The Hall–Kier alpha value is -3.03. The summed E-state index contributed by atoms with van der Waals surface area (Å²) >= 11 is 0. The third-order valence-corrected chi connectivity index (χ3v) is 3.82. The van der Waals surface area contributed by atoms with Crippen molar-refractivity contribution in [3.63, 3.8) is 0 Å². The molecule has 0 heterocycles. The molecule has 0 saturated heterocycles. The topological polar surface area (TPSA) is 113 Å². The Bertz CT molecular complexity index is 663. The van der Waals surface area contributed by atoms with Gasteiger partial charge in [-0.05, 0) is 25.0 Å². The van der Waals surface area contributed by atoms with Crippen molar-refractivity contribution in [1.82, 2.24) is 0 Å². The van der Waals surface area contributed by atoms with Crippen molar-refractivity contribution in [2.75, 3.05) is 14.2 Å². The lowest BCUT2D eigenvalue weighted by molar-refractivity contribution is -0.384. The Morgan fingerprint density at radius 3 is 2.08 bits per heavy atom. The van der Waals surface area contributed by atoms with Crippen LogP contribution in [0.3, 0.4) is 0 Å². The van der Waals surface area contributed by atoms with Crippen molar-refractivity contribution in [2.24, 2.45) is 5.41 Å². The number of ketones is 1. The van der Waals surface area contributed by atoms with Gasteiger partial charge in [-0.3, -0.25) is 24.5 Å². The molecule has 0 saturated carbocycles. The zero-order valence-corrected chi connectivity index (χ0v) is 14.0. The van der Waals surface area contributed by atoms with Crippen LogP contribution in [0, 0.1) is 15.5 Å². The maximum atomic E-state index is 12.3. The van der Waals surface area contributed by atoms with E-state index in [9.17, 15) is 24.5 Å². The second-order valence-corrected chi connectivity index (χ2v) is 5.29. The summed E-state index contributed by atoms with van der Waals surface area (Å²) in [6.45, 7) is 3.53. The molecule has 0 aromatic heterocycles. The SMILES string of the molecule is C=CCC(CCC(=O)c1ccc([N+](=O)[O-])cc1)(C(=O)OC)C(=O)OC. The molecule has 1 rings (SSSR count). The van der Waals surface area contributed by atoms with Gasteiger partial charge in [-0.25, -0.2) is 0 Å². The van der Waals surface area contributed by atoms with Gasteiger partial charge in [0.1, 0.15) is 0 Å². The normalized spacial score (nSPS) is 10.6. The van der Waals surface area contributed by atoms with Crippen LogP contribution in [0.2, 0.25) is 0 Å². The minimum Gasteiger partial charge on any atom is -0.468 e. The van der Waals surface area contributed by atoms with Crippen LogP contribution in [-0.2, 0) is 19.1 Å². The molecule has 0 radical (unpaired) electrons. The highest BCUT2D eigenvalue weighted by Gasteiger charge is 2.47. The van der Waals surface area contributed by atoms with Gasteiger partial charge in [0.25, 0.3) is 5.69 Å². The molecular formula is C17H19NO7. The summed E-state index contributed by atoms with van der Waals surface area (Å²) in [4.78, 5) is 46.6. The molecule has 0 unspecified atom stereocenters. The lowest BCUT2D eigenvalue weighted by Crippen LogP contribution is -2.41. The lowest BCUT2D eigenvalue weighted by atomic mass is 9.79. The number of hydrogen-bond donors (Lipinski definition) is 0. The van der Waals surface area contributed by atoms with Crippen LogP contribution in [0.5, 0.6) is 0 Å². The van der Waals surface area contributed by atoms with Gasteiger partial charge in [0.05, 0.1) is 19.1 Å². The molecule has 0 N–H and O–H groups in total. The molecule has 0 fully saturated rings. The first kappa shape index (κ1) is 20.0. The third-order valence-electron chi connectivity index (χ3n) is 3.82. The van der Waals surface area contributed by atoms with Crippen LogP contribution in [-0.4, -0.2) is 36.9 Å². The van der Waals surface area contributed by atoms with E-state index >= 15 is 0 Å². The highest BCUT2D eigenvalue weighted by atomic mass is 16.6. The molecule has 1 aromatic rings. The van der Waals surface area contributed by atoms with Gasteiger partial charge in [0.15, 0.2) is 11.2 Å². The Morgan fingerprint density at radius 1 is 1.16 bits per heavy atom. The Balaban J connectivity index is 2.99. The van der Waals surface area contributed by atoms with E-state index in [4.69, 9.17) is 9.47 Å². The number of rotatable bonds is 9. The highest BCUT2D eigenvalue weighted by molar-refractivity contribution is 6.02. The predicted molar refractivity (Wildman–Crippen MR) is 87.9 cm³/mol. The Morgan fingerprint density at radius 2 is 1.68 bits per heavy atom. The number of ether oxygens (including phenoxy) is 2. The number of nitro groups is 1. The number of carbonyl (C=O) groups is 3. The summed E-state index contributed by atoms with van der Waals surface area (Å²) < 4.78 is 9.40.